The molecule has 3 heteroatoms. The van der Waals surface area contributed by atoms with Gasteiger partial charge in [-0.15, -0.1) is 0 Å². The zero-order chi connectivity index (χ0) is 13.8. The highest BCUT2D eigenvalue weighted by molar-refractivity contribution is 9.10. The Morgan fingerprint density at radius 1 is 1.16 bits per heavy atom. The highest BCUT2D eigenvalue weighted by atomic mass is 79.9. The normalized spacial score (nSPS) is 12.2. The molecule has 2 N–H and O–H groups in total. The Morgan fingerprint density at radius 3 is 2.42 bits per heavy atom. The monoisotopic (exact) mass is 319 g/mol. The molecule has 0 saturated carbocycles. The largest absolute Gasteiger partial charge is 0.497 e. The van der Waals surface area contributed by atoms with Gasteiger partial charge in [0.1, 0.15) is 5.75 Å². The van der Waals surface area contributed by atoms with E-state index in [0.29, 0.717) is 0 Å². The van der Waals surface area contributed by atoms with E-state index in [1.54, 1.807) is 7.11 Å². The van der Waals surface area contributed by atoms with Crippen molar-refractivity contribution >= 4 is 15.9 Å². The summed E-state index contributed by atoms with van der Waals surface area (Å²) in [5.41, 5.74) is 9.80. The third-order valence-corrected chi connectivity index (χ3v) is 4.01. The summed E-state index contributed by atoms with van der Waals surface area (Å²) in [4.78, 5) is 0. The van der Waals surface area contributed by atoms with Crippen molar-refractivity contribution in [2.75, 3.05) is 7.11 Å². The maximum atomic E-state index is 6.35. The number of aryl methyl sites for hydroxylation is 1. The molecule has 0 fully saturated rings. The van der Waals surface area contributed by atoms with Crippen molar-refractivity contribution in [1.82, 2.24) is 0 Å². The average Bonchev–Trinajstić information content (AvgIpc) is 2.47. The average molecular weight is 320 g/mol. The predicted molar refractivity (Wildman–Crippen MR) is 82.5 cm³/mol. The molecule has 2 aromatic rings. The van der Waals surface area contributed by atoms with Crippen LogP contribution in [-0.2, 0) is 6.42 Å². The molecule has 2 nitrogen and oxygen atoms in total. The highest BCUT2D eigenvalue weighted by Gasteiger charge is 2.13. The third kappa shape index (κ3) is 3.17. The summed E-state index contributed by atoms with van der Waals surface area (Å²) < 4.78 is 6.26. The lowest BCUT2D eigenvalue weighted by Gasteiger charge is -2.16. The minimum absolute atomic E-state index is 0.157. The lowest BCUT2D eigenvalue weighted by molar-refractivity contribution is 0.414. The van der Waals surface area contributed by atoms with Gasteiger partial charge in [0, 0.05) is 4.47 Å². The van der Waals surface area contributed by atoms with Gasteiger partial charge in [-0.3, -0.25) is 0 Å². The van der Waals surface area contributed by atoms with Crippen molar-refractivity contribution in [2.45, 2.75) is 19.4 Å². The number of ether oxygens (including phenoxy) is 1. The molecule has 0 aliphatic heterocycles. The topological polar surface area (TPSA) is 35.2 Å². The van der Waals surface area contributed by atoms with Crippen molar-refractivity contribution in [3.63, 3.8) is 0 Å². The summed E-state index contributed by atoms with van der Waals surface area (Å²) in [6.07, 6.45) is 1.04. The Morgan fingerprint density at radius 2 is 1.84 bits per heavy atom. The molecule has 19 heavy (non-hydrogen) atoms. The molecule has 0 aliphatic carbocycles. The van der Waals surface area contributed by atoms with Crippen molar-refractivity contribution in [2.24, 2.45) is 5.73 Å². The van der Waals surface area contributed by atoms with Gasteiger partial charge >= 0.3 is 0 Å². The Kier molecular flexibility index (Phi) is 4.61. The fourth-order valence-corrected chi connectivity index (χ4v) is 2.52. The quantitative estimate of drug-likeness (QED) is 0.922. The number of hydrogen-bond donors (Lipinski definition) is 1. The van der Waals surface area contributed by atoms with Crippen molar-refractivity contribution in [1.29, 1.82) is 0 Å². The number of halogens is 1. The first-order valence-electron chi connectivity index (χ1n) is 6.33. The van der Waals surface area contributed by atoms with Crippen LogP contribution in [0, 0.1) is 0 Å². The summed E-state index contributed by atoms with van der Waals surface area (Å²) in [5, 5.41) is 0. The third-order valence-electron chi connectivity index (χ3n) is 3.29. The van der Waals surface area contributed by atoms with E-state index in [1.165, 1.54) is 5.56 Å². The maximum absolute atomic E-state index is 6.35. The fraction of sp³-hybridized carbons (Fsp3) is 0.250. The van der Waals surface area contributed by atoms with E-state index in [9.17, 15) is 0 Å². The highest BCUT2D eigenvalue weighted by Crippen LogP contribution is 2.30. The number of methoxy groups -OCH3 is 1. The molecule has 0 radical (unpaired) electrons. The Hall–Kier alpha value is -1.32. The van der Waals surface area contributed by atoms with Crippen LogP contribution >= 0.6 is 15.9 Å². The number of benzene rings is 2. The van der Waals surface area contributed by atoms with E-state index in [0.717, 1.165) is 27.8 Å². The molecule has 0 spiro atoms. The molecule has 2 rings (SSSR count). The summed E-state index contributed by atoms with van der Waals surface area (Å²) >= 11 is 3.55. The van der Waals surface area contributed by atoms with Crippen LogP contribution in [0.5, 0.6) is 5.75 Å². The first-order chi connectivity index (χ1) is 9.15. The van der Waals surface area contributed by atoms with Crippen molar-refractivity contribution < 1.29 is 4.74 Å². The maximum Gasteiger partial charge on any atom is 0.119 e. The molecule has 0 amide bonds. The molecular weight excluding hydrogens is 302 g/mol. The first-order valence-corrected chi connectivity index (χ1v) is 7.13. The molecular formula is C16H18BrNO. The second-order valence-electron chi connectivity index (χ2n) is 4.46. The van der Waals surface area contributed by atoms with Gasteiger partial charge in [-0.05, 0) is 41.3 Å². The molecule has 0 aliphatic rings. The van der Waals surface area contributed by atoms with Crippen LogP contribution in [0.1, 0.15) is 29.7 Å². The number of rotatable bonds is 4. The Labute approximate surface area is 122 Å². The van der Waals surface area contributed by atoms with E-state index in [2.05, 4.69) is 47.1 Å². The zero-order valence-corrected chi connectivity index (χ0v) is 12.8. The van der Waals surface area contributed by atoms with Crippen molar-refractivity contribution in [3.05, 3.63) is 63.6 Å². The van der Waals surface area contributed by atoms with Gasteiger partial charge in [0.15, 0.2) is 0 Å². The van der Waals surface area contributed by atoms with E-state index in [-0.39, 0.29) is 6.04 Å². The van der Waals surface area contributed by atoms with E-state index in [1.807, 2.05) is 18.2 Å². The molecule has 0 saturated heterocycles. The standard InChI is InChI=1S/C16H18BrNO/c1-3-11-4-6-12(7-5-11)16(18)14-10-13(19-2)8-9-15(14)17/h4-10,16H,3,18H2,1-2H3. The van der Waals surface area contributed by atoms with Gasteiger partial charge in [-0.1, -0.05) is 47.1 Å². The fourth-order valence-electron chi connectivity index (χ4n) is 2.03. The molecule has 1 atom stereocenters. The molecule has 0 bridgehead atoms. The number of nitrogens with two attached hydrogens (primary N) is 1. The minimum Gasteiger partial charge on any atom is -0.497 e. The zero-order valence-electron chi connectivity index (χ0n) is 11.2. The van der Waals surface area contributed by atoms with Gasteiger partial charge in [0.25, 0.3) is 0 Å². The van der Waals surface area contributed by atoms with E-state index >= 15 is 0 Å². The van der Waals surface area contributed by atoms with Gasteiger partial charge in [0.05, 0.1) is 13.2 Å². The molecule has 0 aromatic heterocycles. The molecule has 100 valence electrons. The van der Waals surface area contributed by atoms with Crippen LogP contribution < -0.4 is 10.5 Å². The van der Waals surface area contributed by atoms with E-state index in [4.69, 9.17) is 10.5 Å². The Bertz CT molecular complexity index is 551. The van der Waals surface area contributed by atoms with E-state index < -0.39 is 0 Å². The molecule has 2 aromatic carbocycles. The molecule has 0 heterocycles. The van der Waals surface area contributed by atoms with Gasteiger partial charge in [-0.25, -0.2) is 0 Å². The lowest BCUT2D eigenvalue weighted by Crippen LogP contribution is -2.12. The van der Waals surface area contributed by atoms with Gasteiger partial charge in [-0.2, -0.15) is 0 Å². The van der Waals surface area contributed by atoms with Crippen LogP contribution in [0.4, 0.5) is 0 Å². The molecule has 1 unspecified atom stereocenters. The second-order valence-corrected chi connectivity index (χ2v) is 5.31. The SMILES string of the molecule is CCc1ccc(C(N)c2cc(OC)ccc2Br)cc1. The van der Waals surface area contributed by atoms with Crippen LogP contribution in [0.25, 0.3) is 0 Å². The summed E-state index contributed by atoms with van der Waals surface area (Å²) in [7, 11) is 1.66. The van der Waals surface area contributed by atoms with Gasteiger partial charge in [0.2, 0.25) is 0 Å². The van der Waals surface area contributed by atoms with Crippen LogP contribution in [-0.4, -0.2) is 7.11 Å². The smallest absolute Gasteiger partial charge is 0.119 e. The minimum atomic E-state index is -0.157. The van der Waals surface area contributed by atoms with Crippen LogP contribution in [0.3, 0.4) is 0 Å². The summed E-state index contributed by atoms with van der Waals surface area (Å²) in [6.45, 7) is 2.15. The number of hydrogen-bond acceptors (Lipinski definition) is 2. The summed E-state index contributed by atoms with van der Waals surface area (Å²) in [6, 6.07) is 14.1. The summed E-state index contributed by atoms with van der Waals surface area (Å²) in [5.74, 6) is 0.818. The van der Waals surface area contributed by atoms with Crippen LogP contribution in [0.2, 0.25) is 0 Å². The Balaban J connectivity index is 2.34. The van der Waals surface area contributed by atoms with Crippen molar-refractivity contribution in [3.8, 4) is 5.75 Å². The van der Waals surface area contributed by atoms with Gasteiger partial charge < -0.3 is 10.5 Å². The predicted octanol–water partition coefficient (Wildman–Crippen LogP) is 4.07. The second kappa shape index (κ2) is 6.22. The lowest BCUT2D eigenvalue weighted by atomic mass is 9.98. The first kappa shape index (κ1) is 14.1. The van der Waals surface area contributed by atoms with Crippen LogP contribution in [0.15, 0.2) is 46.9 Å².